The molecule has 0 aromatic heterocycles. The first kappa shape index (κ1) is 18.3. The molecular weight excluding hydrogens is 419 g/mol. The van der Waals surface area contributed by atoms with E-state index >= 15 is 0 Å². The third-order valence-electron chi connectivity index (χ3n) is 3.40. The number of hydrogen-bond acceptors (Lipinski definition) is 4. The van der Waals surface area contributed by atoms with E-state index < -0.39 is 0 Å². The molecule has 0 aliphatic heterocycles. The summed E-state index contributed by atoms with van der Waals surface area (Å²) in [4.78, 5) is 12.1. The minimum absolute atomic E-state index is 0.188. The van der Waals surface area contributed by atoms with Gasteiger partial charge in [-0.05, 0) is 64.9 Å². The molecule has 2 rings (SSSR count). The summed E-state index contributed by atoms with van der Waals surface area (Å²) in [6, 6.07) is 13.3. The highest BCUT2D eigenvalue weighted by Crippen LogP contribution is 2.27. The van der Waals surface area contributed by atoms with E-state index in [1.807, 2.05) is 37.3 Å². The summed E-state index contributed by atoms with van der Waals surface area (Å²) in [5.41, 5.74) is 5.15. The molecule has 0 spiro atoms. The van der Waals surface area contributed by atoms with Gasteiger partial charge in [-0.15, -0.1) is 0 Å². The molecule has 0 atom stereocenters. The molecular formula is C18H19IN2O3. The van der Waals surface area contributed by atoms with Gasteiger partial charge in [0.15, 0.2) is 11.5 Å². The van der Waals surface area contributed by atoms with Gasteiger partial charge in [-0.25, -0.2) is 5.43 Å². The summed E-state index contributed by atoms with van der Waals surface area (Å²) >= 11 is 2.24. The normalized spacial score (nSPS) is 11.1. The largest absolute Gasteiger partial charge is 0.493 e. The molecule has 1 amide bonds. The van der Waals surface area contributed by atoms with Crippen LogP contribution in [0.5, 0.6) is 11.5 Å². The Labute approximate surface area is 155 Å². The highest BCUT2D eigenvalue weighted by Gasteiger charge is 2.08. The van der Waals surface area contributed by atoms with Gasteiger partial charge >= 0.3 is 0 Å². The van der Waals surface area contributed by atoms with Crippen molar-refractivity contribution in [3.8, 4) is 11.5 Å². The van der Waals surface area contributed by atoms with Gasteiger partial charge in [-0.2, -0.15) is 5.10 Å². The van der Waals surface area contributed by atoms with Crippen molar-refractivity contribution in [1.29, 1.82) is 0 Å². The molecule has 126 valence electrons. The van der Waals surface area contributed by atoms with Crippen molar-refractivity contribution in [1.82, 2.24) is 5.43 Å². The standard InChI is InChI=1S/C18H19IN2O3/c1-12(14-5-4-6-15(19)11-14)20-21-18(22)10-13-7-8-16(23-2)17(9-13)24-3/h4-9,11H,10H2,1-3H3,(H,21,22)/b20-12-. The van der Waals surface area contributed by atoms with Crippen LogP contribution in [0.25, 0.3) is 0 Å². The van der Waals surface area contributed by atoms with Crippen LogP contribution in [0.15, 0.2) is 47.6 Å². The number of halogens is 1. The Hall–Kier alpha value is -2.09. The first-order valence-corrected chi connectivity index (χ1v) is 8.41. The smallest absolute Gasteiger partial charge is 0.244 e. The van der Waals surface area contributed by atoms with Gasteiger partial charge in [0.1, 0.15) is 0 Å². The minimum Gasteiger partial charge on any atom is -0.493 e. The van der Waals surface area contributed by atoms with Crippen LogP contribution in [0.2, 0.25) is 0 Å². The SMILES string of the molecule is COc1ccc(CC(=O)N/N=C(/C)c2cccc(I)c2)cc1OC. The van der Waals surface area contributed by atoms with Crippen molar-refractivity contribution in [3.05, 3.63) is 57.2 Å². The second-order valence-electron chi connectivity index (χ2n) is 5.11. The van der Waals surface area contributed by atoms with E-state index in [-0.39, 0.29) is 12.3 Å². The van der Waals surface area contributed by atoms with Gasteiger partial charge in [0.25, 0.3) is 0 Å². The van der Waals surface area contributed by atoms with E-state index in [0.717, 1.165) is 20.4 Å². The van der Waals surface area contributed by atoms with E-state index in [1.165, 1.54) is 0 Å². The zero-order valence-corrected chi connectivity index (χ0v) is 16.0. The van der Waals surface area contributed by atoms with Crippen molar-refractivity contribution in [2.24, 2.45) is 5.10 Å². The van der Waals surface area contributed by atoms with Crippen LogP contribution in [-0.4, -0.2) is 25.8 Å². The molecule has 6 heteroatoms. The van der Waals surface area contributed by atoms with Crippen molar-refractivity contribution in [3.63, 3.8) is 0 Å². The number of amides is 1. The predicted molar refractivity (Wildman–Crippen MR) is 103 cm³/mol. The van der Waals surface area contributed by atoms with Crippen LogP contribution in [0.4, 0.5) is 0 Å². The van der Waals surface area contributed by atoms with Crippen LogP contribution < -0.4 is 14.9 Å². The summed E-state index contributed by atoms with van der Waals surface area (Å²) in [6.45, 7) is 1.86. The van der Waals surface area contributed by atoms with Gasteiger partial charge < -0.3 is 9.47 Å². The van der Waals surface area contributed by atoms with Gasteiger partial charge in [0.2, 0.25) is 5.91 Å². The monoisotopic (exact) mass is 438 g/mol. The van der Waals surface area contributed by atoms with Crippen LogP contribution in [-0.2, 0) is 11.2 Å². The Kier molecular flexibility index (Phi) is 6.60. The molecule has 0 radical (unpaired) electrons. The summed E-state index contributed by atoms with van der Waals surface area (Å²) in [5, 5.41) is 4.17. The lowest BCUT2D eigenvalue weighted by Gasteiger charge is -2.09. The summed E-state index contributed by atoms with van der Waals surface area (Å²) < 4.78 is 11.5. The molecule has 2 aromatic rings. The molecule has 1 N–H and O–H groups in total. The number of hydrogen-bond donors (Lipinski definition) is 1. The van der Waals surface area contributed by atoms with Crippen molar-refractivity contribution < 1.29 is 14.3 Å². The van der Waals surface area contributed by atoms with E-state index in [9.17, 15) is 4.79 Å². The predicted octanol–water partition coefficient (Wildman–Crippen LogP) is 3.39. The lowest BCUT2D eigenvalue weighted by molar-refractivity contribution is -0.120. The molecule has 24 heavy (non-hydrogen) atoms. The van der Waals surface area contributed by atoms with Crippen LogP contribution in [0, 0.1) is 3.57 Å². The molecule has 0 saturated heterocycles. The van der Waals surface area contributed by atoms with E-state index in [2.05, 4.69) is 33.1 Å². The fourth-order valence-electron chi connectivity index (χ4n) is 2.14. The third kappa shape index (κ3) is 4.95. The zero-order valence-electron chi connectivity index (χ0n) is 13.8. The average Bonchev–Trinajstić information content (AvgIpc) is 2.59. The van der Waals surface area contributed by atoms with Crippen molar-refractivity contribution in [2.45, 2.75) is 13.3 Å². The molecule has 0 fully saturated rings. The molecule has 0 aliphatic rings. The fourth-order valence-corrected chi connectivity index (χ4v) is 2.68. The summed E-state index contributed by atoms with van der Waals surface area (Å²) in [6.07, 6.45) is 0.212. The number of ether oxygens (including phenoxy) is 2. The van der Waals surface area contributed by atoms with Gasteiger partial charge in [-0.3, -0.25) is 4.79 Å². The maximum absolute atomic E-state index is 12.1. The summed E-state index contributed by atoms with van der Waals surface area (Å²) in [7, 11) is 3.14. The fraction of sp³-hybridized carbons (Fsp3) is 0.222. The van der Waals surface area contributed by atoms with Crippen LogP contribution in [0.1, 0.15) is 18.1 Å². The average molecular weight is 438 g/mol. The summed E-state index contributed by atoms with van der Waals surface area (Å²) in [5.74, 6) is 1.04. The molecule has 5 nitrogen and oxygen atoms in total. The lowest BCUT2D eigenvalue weighted by atomic mass is 10.1. The van der Waals surface area contributed by atoms with E-state index in [1.54, 1.807) is 26.4 Å². The van der Waals surface area contributed by atoms with Crippen molar-refractivity contribution in [2.75, 3.05) is 14.2 Å². The number of hydrazone groups is 1. The Morgan fingerprint density at radius 3 is 2.54 bits per heavy atom. The molecule has 0 bridgehead atoms. The number of nitrogens with zero attached hydrogens (tertiary/aromatic N) is 1. The minimum atomic E-state index is -0.188. The second-order valence-corrected chi connectivity index (χ2v) is 6.35. The Bertz CT molecular complexity index is 760. The maximum atomic E-state index is 12.1. The molecule has 0 heterocycles. The molecule has 0 aliphatic carbocycles. The molecule has 2 aromatic carbocycles. The number of benzene rings is 2. The topological polar surface area (TPSA) is 59.9 Å². The first-order valence-electron chi connectivity index (χ1n) is 7.33. The Balaban J connectivity index is 2.02. The number of rotatable bonds is 6. The second kappa shape index (κ2) is 8.68. The quantitative estimate of drug-likeness (QED) is 0.428. The highest BCUT2D eigenvalue weighted by atomic mass is 127. The maximum Gasteiger partial charge on any atom is 0.244 e. The molecule has 0 unspecified atom stereocenters. The van der Waals surface area contributed by atoms with Gasteiger partial charge in [-0.1, -0.05) is 18.2 Å². The number of nitrogens with one attached hydrogen (secondary N) is 1. The van der Waals surface area contributed by atoms with E-state index in [4.69, 9.17) is 9.47 Å². The number of carbonyl (C=O) groups is 1. The Morgan fingerprint density at radius 1 is 1.12 bits per heavy atom. The van der Waals surface area contributed by atoms with Crippen molar-refractivity contribution >= 4 is 34.2 Å². The van der Waals surface area contributed by atoms with Gasteiger partial charge in [0, 0.05) is 3.57 Å². The lowest BCUT2D eigenvalue weighted by Crippen LogP contribution is -2.21. The third-order valence-corrected chi connectivity index (χ3v) is 4.07. The van der Waals surface area contributed by atoms with Crippen LogP contribution >= 0.6 is 22.6 Å². The Morgan fingerprint density at radius 2 is 1.88 bits per heavy atom. The molecule has 0 saturated carbocycles. The number of methoxy groups -OCH3 is 2. The van der Waals surface area contributed by atoms with Crippen LogP contribution in [0.3, 0.4) is 0 Å². The van der Waals surface area contributed by atoms with Gasteiger partial charge in [0.05, 0.1) is 26.4 Å². The highest BCUT2D eigenvalue weighted by molar-refractivity contribution is 14.1. The van der Waals surface area contributed by atoms with E-state index in [0.29, 0.717) is 11.5 Å². The first-order chi connectivity index (χ1) is 11.5. The number of carbonyl (C=O) groups excluding carboxylic acids is 1. The zero-order chi connectivity index (χ0) is 17.5.